The van der Waals surface area contributed by atoms with Crippen molar-refractivity contribution in [2.75, 3.05) is 5.32 Å². The zero-order chi connectivity index (χ0) is 37.6. The van der Waals surface area contributed by atoms with E-state index in [0.29, 0.717) is 17.0 Å². The van der Waals surface area contributed by atoms with Gasteiger partial charge in [0.25, 0.3) is 11.8 Å². The third kappa shape index (κ3) is 10.4. The molecular weight excluding hydrogens is 665 g/mol. The van der Waals surface area contributed by atoms with Gasteiger partial charge < -0.3 is 15.4 Å². The molecule has 2 fully saturated rings. The van der Waals surface area contributed by atoms with Gasteiger partial charge in [0, 0.05) is 28.3 Å². The summed E-state index contributed by atoms with van der Waals surface area (Å²) in [5, 5.41) is 6.06. The summed E-state index contributed by atoms with van der Waals surface area (Å²) in [4.78, 5) is 36.6. The van der Waals surface area contributed by atoms with Crippen molar-refractivity contribution in [2.24, 2.45) is 5.41 Å². The monoisotopic (exact) mass is 714 g/mol. The first kappa shape index (κ1) is 37.9. The van der Waals surface area contributed by atoms with Gasteiger partial charge in [0.15, 0.2) is 0 Å². The van der Waals surface area contributed by atoms with Crippen LogP contribution in [0, 0.1) is 5.41 Å². The average molecular weight is 715 g/mol. The van der Waals surface area contributed by atoms with Gasteiger partial charge in [0.05, 0.1) is 0 Å². The van der Waals surface area contributed by atoms with Crippen LogP contribution >= 0.6 is 0 Å². The lowest BCUT2D eigenvalue weighted by Crippen LogP contribution is -2.31. The molecule has 0 aromatic heterocycles. The quantitative estimate of drug-likeness (QED) is 0.106. The van der Waals surface area contributed by atoms with Crippen LogP contribution in [0.5, 0.6) is 0 Å². The van der Waals surface area contributed by atoms with Crippen molar-refractivity contribution in [1.82, 2.24) is 5.32 Å². The molecule has 1 unspecified atom stereocenters. The third-order valence-electron chi connectivity index (χ3n) is 10.5. The normalized spacial score (nSPS) is 15.7. The van der Waals surface area contributed by atoms with Gasteiger partial charge in [-0.15, -0.1) is 0 Å². The van der Waals surface area contributed by atoms with Gasteiger partial charge in [-0.2, -0.15) is 0 Å². The fourth-order valence-corrected chi connectivity index (χ4v) is 7.45. The van der Waals surface area contributed by atoms with E-state index in [9.17, 15) is 14.4 Å². The molecule has 0 saturated heterocycles. The van der Waals surface area contributed by atoms with E-state index in [2.05, 4.69) is 34.9 Å². The minimum absolute atomic E-state index is 0.0636. The van der Waals surface area contributed by atoms with Crippen molar-refractivity contribution < 1.29 is 14.4 Å². The Balaban J connectivity index is 0.000000185. The van der Waals surface area contributed by atoms with Gasteiger partial charge in [-0.3, -0.25) is 9.59 Å². The van der Waals surface area contributed by atoms with Crippen LogP contribution in [0.25, 0.3) is 22.3 Å². The Hall–Kier alpha value is -5.81. The van der Waals surface area contributed by atoms with E-state index in [1.54, 1.807) is 0 Å². The Morgan fingerprint density at radius 1 is 0.630 bits per heavy atom. The summed E-state index contributed by atoms with van der Waals surface area (Å²) >= 11 is 0. The van der Waals surface area contributed by atoms with Crippen LogP contribution in [-0.2, 0) is 4.79 Å². The summed E-state index contributed by atoms with van der Waals surface area (Å²) in [5.41, 5.74) is 7.54. The van der Waals surface area contributed by atoms with Crippen molar-refractivity contribution in [3.8, 4) is 22.3 Å². The fraction of sp³-hybridized carbons (Fsp3) is 0.245. The molecular formula is C49H50N2O3. The number of rotatable bonds is 11. The topological polar surface area (TPSA) is 75.3 Å². The highest BCUT2D eigenvalue weighted by Gasteiger charge is 2.30. The first-order chi connectivity index (χ1) is 26.4. The number of hydrogen-bond acceptors (Lipinski definition) is 3. The largest absolute Gasteiger partial charge is 0.346 e. The van der Waals surface area contributed by atoms with Crippen LogP contribution in [0.4, 0.5) is 5.69 Å². The minimum Gasteiger partial charge on any atom is -0.346 e. The third-order valence-corrected chi connectivity index (χ3v) is 10.5. The van der Waals surface area contributed by atoms with Gasteiger partial charge in [-0.05, 0) is 103 Å². The van der Waals surface area contributed by atoms with E-state index in [-0.39, 0.29) is 23.3 Å². The summed E-state index contributed by atoms with van der Waals surface area (Å²) in [6.45, 7) is 1.94. The molecule has 5 aromatic rings. The number of amides is 2. The zero-order valence-electron chi connectivity index (χ0n) is 31.1. The first-order valence-electron chi connectivity index (χ1n) is 19.3. The highest BCUT2D eigenvalue weighted by molar-refractivity contribution is 6.05. The molecule has 2 N–H and O–H groups in total. The number of anilines is 1. The van der Waals surface area contributed by atoms with Crippen LogP contribution in [-0.4, -0.2) is 24.1 Å². The van der Waals surface area contributed by atoms with Gasteiger partial charge in [-0.25, -0.2) is 0 Å². The molecule has 2 saturated carbocycles. The van der Waals surface area contributed by atoms with Crippen LogP contribution in [0.1, 0.15) is 90.5 Å². The first-order valence-corrected chi connectivity index (χ1v) is 19.3. The lowest BCUT2D eigenvalue weighted by molar-refractivity contribution is -0.113. The SMILES string of the molecule is CC(/C=C\C=C\C1(C=O)CCCC1)NC(=O)c1cccc(-c2ccccc2)c1.O=C(Nc1cccc(C2CCCC2)c1)c1cccc(-c2ccccc2)c1. The summed E-state index contributed by atoms with van der Waals surface area (Å²) < 4.78 is 0. The van der Waals surface area contributed by atoms with Crippen molar-refractivity contribution in [3.63, 3.8) is 0 Å². The second kappa shape index (κ2) is 18.8. The predicted octanol–water partition coefficient (Wildman–Crippen LogP) is 11.6. The van der Waals surface area contributed by atoms with Crippen molar-refractivity contribution in [1.29, 1.82) is 0 Å². The summed E-state index contributed by atoms with van der Waals surface area (Å²) in [5.74, 6) is 0.485. The Labute approximate surface area is 320 Å². The number of carbonyl (C=O) groups excluding carboxylic acids is 3. The Morgan fingerprint density at radius 3 is 1.78 bits per heavy atom. The summed E-state index contributed by atoms with van der Waals surface area (Å²) in [6.07, 6.45) is 18.1. The molecule has 0 spiro atoms. The second-order valence-electron chi connectivity index (χ2n) is 14.5. The number of hydrogen-bond donors (Lipinski definition) is 2. The smallest absolute Gasteiger partial charge is 0.255 e. The molecule has 0 aliphatic heterocycles. The van der Waals surface area contributed by atoms with E-state index in [1.807, 2.05) is 140 Å². The molecule has 7 rings (SSSR count). The molecule has 0 radical (unpaired) electrons. The van der Waals surface area contributed by atoms with Crippen molar-refractivity contribution in [3.05, 3.63) is 174 Å². The Kier molecular flexibility index (Phi) is 13.2. The molecule has 2 amide bonds. The van der Waals surface area contributed by atoms with Gasteiger partial charge in [-0.1, -0.05) is 147 Å². The molecule has 1 atom stereocenters. The summed E-state index contributed by atoms with van der Waals surface area (Å²) in [7, 11) is 0. The molecule has 2 aliphatic rings. The van der Waals surface area contributed by atoms with Crippen LogP contribution in [0.3, 0.4) is 0 Å². The highest BCUT2D eigenvalue weighted by atomic mass is 16.2. The highest BCUT2D eigenvalue weighted by Crippen LogP contribution is 2.37. The molecule has 54 heavy (non-hydrogen) atoms. The van der Waals surface area contributed by atoms with Crippen molar-refractivity contribution in [2.45, 2.75) is 70.3 Å². The van der Waals surface area contributed by atoms with E-state index in [0.717, 1.165) is 59.9 Å². The molecule has 5 nitrogen and oxygen atoms in total. The second-order valence-corrected chi connectivity index (χ2v) is 14.5. The fourth-order valence-electron chi connectivity index (χ4n) is 7.45. The van der Waals surface area contributed by atoms with Gasteiger partial charge in [0.2, 0.25) is 0 Å². The van der Waals surface area contributed by atoms with Gasteiger partial charge in [0.1, 0.15) is 6.29 Å². The summed E-state index contributed by atoms with van der Waals surface area (Å²) in [6, 6.07) is 43.8. The lowest BCUT2D eigenvalue weighted by atomic mass is 9.88. The maximum Gasteiger partial charge on any atom is 0.255 e. The lowest BCUT2D eigenvalue weighted by Gasteiger charge is -2.15. The molecule has 5 aromatic carbocycles. The molecule has 0 bridgehead atoms. The predicted molar refractivity (Wildman–Crippen MR) is 222 cm³/mol. The molecule has 0 heterocycles. The average Bonchev–Trinajstić information content (AvgIpc) is 3.95. The number of benzene rings is 5. The molecule has 5 heteroatoms. The van der Waals surface area contributed by atoms with Crippen LogP contribution < -0.4 is 10.6 Å². The standard InChI is InChI=1S/C25H27NO2.C24H23NO/c1-20(10-5-6-15-25(19-27)16-7-8-17-25)26-24(28)23-14-9-13-22(18-23)21-11-3-2-4-12-21;26-24(22-14-6-12-20(16-22)18-8-2-1-3-9-18)25-23-15-7-13-21(17-23)19-10-4-5-11-19/h2-6,9-15,18-20H,7-8,16-17H2,1H3,(H,26,28);1-3,6-9,12-17,19H,4-5,10-11H2,(H,25,26)/b10-5-,15-6+;. The Bertz CT molecular complexity index is 2060. The van der Waals surface area contributed by atoms with Crippen LogP contribution in [0.2, 0.25) is 0 Å². The number of allylic oxidation sites excluding steroid dienone is 3. The number of carbonyl (C=O) groups is 3. The maximum absolute atomic E-state index is 12.7. The van der Waals surface area contributed by atoms with Crippen LogP contribution in [0.15, 0.2) is 158 Å². The van der Waals surface area contributed by atoms with E-state index in [1.165, 1.54) is 31.2 Å². The number of nitrogens with one attached hydrogen (secondary N) is 2. The van der Waals surface area contributed by atoms with E-state index >= 15 is 0 Å². The number of aldehydes is 1. The molecule has 2 aliphatic carbocycles. The Morgan fingerprint density at radius 2 is 1.19 bits per heavy atom. The minimum atomic E-state index is -0.283. The van der Waals surface area contributed by atoms with Crippen molar-refractivity contribution >= 4 is 23.8 Å². The zero-order valence-corrected chi connectivity index (χ0v) is 31.1. The molecule has 274 valence electrons. The maximum atomic E-state index is 12.7. The van der Waals surface area contributed by atoms with Gasteiger partial charge >= 0.3 is 0 Å². The van der Waals surface area contributed by atoms with E-state index in [4.69, 9.17) is 0 Å². The van der Waals surface area contributed by atoms with E-state index < -0.39 is 0 Å².